The minimum absolute atomic E-state index is 0.0795. The van der Waals surface area contributed by atoms with Gasteiger partial charge in [0.15, 0.2) is 8.32 Å². The summed E-state index contributed by atoms with van der Waals surface area (Å²) in [5.41, 5.74) is -0.536. The van der Waals surface area contributed by atoms with Crippen molar-refractivity contribution in [2.24, 2.45) is 0 Å². The average Bonchev–Trinajstić information content (AvgIpc) is 2.14. The molecule has 11 heavy (non-hydrogen) atoms. The van der Waals surface area contributed by atoms with Gasteiger partial charge < -0.3 is 4.80 Å². The molecule has 3 atom stereocenters. The molecule has 1 rings (SSSR count). The molecule has 0 aliphatic carbocycles. The Morgan fingerprint density at radius 1 is 1.45 bits per heavy atom. The highest BCUT2D eigenvalue weighted by atomic mass is 28.4. The molecule has 1 nitrogen and oxygen atoms in total. The average molecular weight is 184 g/mol. The molecule has 0 radical (unpaired) electrons. The first-order valence-electron chi connectivity index (χ1n) is 3.54. The van der Waals surface area contributed by atoms with E-state index >= 15 is 0 Å². The lowest BCUT2D eigenvalue weighted by Crippen LogP contribution is -2.14. The van der Waals surface area contributed by atoms with Crippen LogP contribution in [0.1, 0.15) is 13.3 Å². The van der Waals surface area contributed by atoms with Crippen LogP contribution in [0.4, 0.5) is 13.2 Å². The zero-order valence-corrected chi connectivity index (χ0v) is 7.44. The molecule has 0 bridgehead atoms. The first kappa shape index (κ1) is 9.06. The highest BCUT2D eigenvalue weighted by Crippen LogP contribution is 2.61. The van der Waals surface area contributed by atoms with Crippen molar-refractivity contribution in [1.29, 1.82) is 0 Å². The van der Waals surface area contributed by atoms with Gasteiger partial charge in [-0.15, -0.1) is 0 Å². The quantitative estimate of drug-likeness (QED) is 0.620. The fraction of sp³-hybridized carbons (Fsp3) is 1.00. The zero-order valence-electron chi connectivity index (χ0n) is 6.44. The molecule has 66 valence electrons. The summed E-state index contributed by atoms with van der Waals surface area (Å²) in [5, 5.41) is 0. The minimum Gasteiger partial charge on any atom is -0.431 e. The molecular weight excluding hydrogens is 173 g/mol. The molecule has 0 amide bonds. The van der Waals surface area contributed by atoms with Crippen molar-refractivity contribution in [3.05, 3.63) is 0 Å². The molecule has 3 unspecified atom stereocenters. The fourth-order valence-corrected chi connectivity index (χ4v) is 4.56. The van der Waals surface area contributed by atoms with Crippen LogP contribution in [-0.2, 0) is 0 Å². The molecule has 1 aliphatic heterocycles. The van der Waals surface area contributed by atoms with E-state index in [9.17, 15) is 18.0 Å². The Bertz CT molecular complexity index is 166. The van der Waals surface area contributed by atoms with Gasteiger partial charge in [-0.3, -0.25) is 0 Å². The van der Waals surface area contributed by atoms with Crippen molar-refractivity contribution in [2.75, 3.05) is 0 Å². The van der Waals surface area contributed by atoms with Crippen molar-refractivity contribution in [1.82, 2.24) is 0 Å². The van der Waals surface area contributed by atoms with Crippen molar-refractivity contribution in [3.63, 3.8) is 0 Å². The zero-order chi connectivity index (χ0) is 8.86. The van der Waals surface area contributed by atoms with Gasteiger partial charge in [-0.05, 0) is 17.6 Å². The largest absolute Gasteiger partial charge is 0.431 e. The van der Waals surface area contributed by atoms with E-state index in [4.69, 9.17) is 0 Å². The lowest BCUT2D eigenvalue weighted by molar-refractivity contribution is -0.133. The highest BCUT2D eigenvalue weighted by molar-refractivity contribution is 6.85. The van der Waals surface area contributed by atoms with Gasteiger partial charge in [0, 0.05) is 6.42 Å². The standard InChI is InChI=1S/C6H11F3OSi/c1-4-5(11(4,2)10)3-6(7,8)9/h4-5,10H,3H2,1-2H3. The number of halogens is 3. The Balaban J connectivity index is 2.44. The summed E-state index contributed by atoms with van der Waals surface area (Å²) >= 11 is 0. The van der Waals surface area contributed by atoms with E-state index in [0.29, 0.717) is 0 Å². The first-order chi connectivity index (χ1) is 4.75. The van der Waals surface area contributed by atoms with Crippen molar-refractivity contribution < 1.29 is 18.0 Å². The van der Waals surface area contributed by atoms with Crippen molar-refractivity contribution in [3.8, 4) is 0 Å². The number of hydrogen-bond donors (Lipinski definition) is 1. The van der Waals surface area contributed by atoms with Crippen LogP contribution in [0.3, 0.4) is 0 Å². The van der Waals surface area contributed by atoms with E-state index in [0.717, 1.165) is 0 Å². The molecular formula is C6H11F3OSi. The SMILES string of the molecule is CC1C(CC(F)(F)F)[Si]1(C)O. The Labute approximate surface area is 64.4 Å². The van der Waals surface area contributed by atoms with E-state index in [1.807, 2.05) is 0 Å². The van der Waals surface area contributed by atoms with E-state index < -0.39 is 26.5 Å². The van der Waals surface area contributed by atoms with Crippen LogP contribution in [0.15, 0.2) is 0 Å². The first-order valence-corrected chi connectivity index (χ1v) is 6.14. The maximum Gasteiger partial charge on any atom is 0.389 e. The van der Waals surface area contributed by atoms with Gasteiger partial charge >= 0.3 is 6.18 Å². The van der Waals surface area contributed by atoms with Gasteiger partial charge in [-0.25, -0.2) is 0 Å². The second kappa shape index (κ2) is 2.23. The molecule has 0 aromatic rings. The Kier molecular flexibility index (Phi) is 1.83. The third kappa shape index (κ3) is 1.76. The van der Waals surface area contributed by atoms with Crippen LogP contribution >= 0.6 is 0 Å². The summed E-state index contributed by atoms with van der Waals surface area (Å²) in [7, 11) is -2.42. The van der Waals surface area contributed by atoms with Gasteiger partial charge in [0.25, 0.3) is 0 Å². The highest BCUT2D eigenvalue weighted by Gasteiger charge is 2.63. The summed E-state index contributed by atoms with van der Waals surface area (Å²) in [6.45, 7) is 3.29. The second-order valence-electron chi connectivity index (χ2n) is 3.44. The fourth-order valence-electron chi connectivity index (χ4n) is 1.45. The van der Waals surface area contributed by atoms with Crippen molar-refractivity contribution in [2.45, 2.75) is 37.2 Å². The van der Waals surface area contributed by atoms with E-state index in [2.05, 4.69) is 0 Å². The molecule has 5 heteroatoms. The van der Waals surface area contributed by atoms with Gasteiger partial charge in [-0.2, -0.15) is 13.2 Å². The van der Waals surface area contributed by atoms with Gasteiger partial charge in [0.2, 0.25) is 0 Å². The lowest BCUT2D eigenvalue weighted by atomic mass is 10.2. The predicted octanol–water partition coefficient (Wildman–Crippen LogP) is 2.28. The van der Waals surface area contributed by atoms with E-state index in [1.54, 1.807) is 13.5 Å². The smallest absolute Gasteiger partial charge is 0.389 e. The van der Waals surface area contributed by atoms with Gasteiger partial charge in [0.05, 0.1) is 0 Å². The molecule has 1 fully saturated rings. The third-order valence-corrected chi connectivity index (χ3v) is 6.69. The lowest BCUT2D eigenvalue weighted by Gasteiger charge is -2.04. The van der Waals surface area contributed by atoms with Crippen molar-refractivity contribution >= 4 is 8.32 Å². The monoisotopic (exact) mass is 184 g/mol. The van der Waals surface area contributed by atoms with E-state index in [-0.39, 0.29) is 5.54 Å². The summed E-state index contributed by atoms with van der Waals surface area (Å²) in [5.74, 6) is 0. The van der Waals surface area contributed by atoms with Gasteiger partial charge in [0.1, 0.15) is 0 Å². The summed E-state index contributed by atoms with van der Waals surface area (Å²) in [6, 6.07) is 0. The predicted molar refractivity (Wildman–Crippen MR) is 37.7 cm³/mol. The molecule has 0 saturated carbocycles. The normalized spacial score (nSPS) is 44.2. The summed E-state index contributed by atoms with van der Waals surface area (Å²) in [4.78, 5) is 9.36. The number of hydrogen-bond acceptors (Lipinski definition) is 1. The van der Waals surface area contributed by atoms with Crippen LogP contribution < -0.4 is 0 Å². The second-order valence-corrected chi connectivity index (χ2v) is 7.54. The molecule has 0 spiro atoms. The van der Waals surface area contributed by atoms with Crippen LogP contribution in [-0.4, -0.2) is 19.3 Å². The van der Waals surface area contributed by atoms with Crippen LogP contribution in [0.5, 0.6) is 0 Å². The van der Waals surface area contributed by atoms with Crippen LogP contribution in [0.25, 0.3) is 0 Å². The summed E-state index contributed by atoms with van der Waals surface area (Å²) in [6.07, 6.45) is -4.90. The molecule has 1 aliphatic rings. The number of rotatable bonds is 1. The van der Waals surface area contributed by atoms with E-state index in [1.165, 1.54) is 0 Å². The molecule has 0 aromatic carbocycles. The van der Waals surface area contributed by atoms with Crippen LogP contribution in [0, 0.1) is 0 Å². The maximum absolute atomic E-state index is 11.8. The molecule has 1 N–H and O–H groups in total. The minimum atomic E-state index is -4.10. The Hall–Kier alpha value is -0.0331. The van der Waals surface area contributed by atoms with Crippen LogP contribution in [0.2, 0.25) is 17.6 Å². The van der Waals surface area contributed by atoms with Gasteiger partial charge in [-0.1, -0.05) is 6.92 Å². The maximum atomic E-state index is 11.8. The topological polar surface area (TPSA) is 20.2 Å². The molecule has 0 aromatic heterocycles. The third-order valence-electron chi connectivity index (χ3n) is 2.62. The molecule has 1 saturated heterocycles. The Morgan fingerprint density at radius 3 is 1.91 bits per heavy atom. The molecule has 1 heterocycles. The summed E-state index contributed by atoms with van der Waals surface area (Å²) < 4.78 is 35.3. The number of alkyl halides is 3. The Morgan fingerprint density at radius 2 is 1.82 bits per heavy atom.